The molecule has 0 atom stereocenters. The van der Waals surface area contributed by atoms with E-state index < -0.39 is 0 Å². The van der Waals surface area contributed by atoms with Gasteiger partial charge < -0.3 is 5.32 Å². The summed E-state index contributed by atoms with van der Waals surface area (Å²) in [5.74, 6) is 0.937. The predicted molar refractivity (Wildman–Crippen MR) is 73.3 cm³/mol. The fourth-order valence-corrected chi connectivity index (χ4v) is 2.70. The molecule has 1 heterocycles. The molecule has 1 aliphatic carbocycles. The molecule has 0 aliphatic heterocycles. The van der Waals surface area contributed by atoms with Crippen LogP contribution in [0.15, 0.2) is 6.20 Å². The van der Waals surface area contributed by atoms with Crippen molar-refractivity contribution in [3.8, 4) is 0 Å². The van der Waals surface area contributed by atoms with Crippen LogP contribution in [0.25, 0.3) is 0 Å². The Morgan fingerprint density at radius 1 is 1.33 bits per heavy atom. The van der Waals surface area contributed by atoms with Crippen LogP contribution in [0.2, 0.25) is 0 Å². The molecule has 4 nitrogen and oxygen atoms in total. The number of nitrogens with zero attached hydrogens (tertiary/aromatic N) is 3. The van der Waals surface area contributed by atoms with E-state index in [1.807, 2.05) is 0 Å². The molecule has 1 aromatic rings. The standard InChI is InChI=1S/C14H26N4/c1-4-12-5-7-14(8-6-12)18-10-13(16-17-18)9-15-11(2)3/h10-12,14-15H,4-9H2,1-3H3. The van der Waals surface area contributed by atoms with Crippen molar-refractivity contribution in [2.24, 2.45) is 5.92 Å². The Bertz CT molecular complexity index is 350. The third-order valence-corrected chi connectivity index (χ3v) is 4.02. The summed E-state index contributed by atoms with van der Waals surface area (Å²) in [7, 11) is 0. The van der Waals surface area contributed by atoms with Crippen molar-refractivity contribution >= 4 is 0 Å². The van der Waals surface area contributed by atoms with E-state index in [0.717, 1.165) is 18.2 Å². The zero-order valence-electron chi connectivity index (χ0n) is 11.9. The Hall–Kier alpha value is -0.900. The zero-order chi connectivity index (χ0) is 13.0. The summed E-state index contributed by atoms with van der Waals surface area (Å²) in [5, 5.41) is 11.9. The van der Waals surface area contributed by atoms with E-state index in [-0.39, 0.29) is 0 Å². The third kappa shape index (κ3) is 3.55. The Kier molecular flexibility index (Phi) is 4.75. The molecule has 18 heavy (non-hydrogen) atoms. The minimum atomic E-state index is 0.496. The molecule has 0 bridgehead atoms. The highest BCUT2D eigenvalue weighted by Crippen LogP contribution is 2.33. The number of hydrogen-bond acceptors (Lipinski definition) is 3. The second kappa shape index (κ2) is 6.32. The molecular formula is C14H26N4. The molecule has 1 N–H and O–H groups in total. The first-order valence-electron chi connectivity index (χ1n) is 7.33. The van der Waals surface area contributed by atoms with Gasteiger partial charge in [-0.3, -0.25) is 0 Å². The maximum absolute atomic E-state index is 4.30. The fourth-order valence-electron chi connectivity index (χ4n) is 2.70. The monoisotopic (exact) mass is 250 g/mol. The highest BCUT2D eigenvalue weighted by atomic mass is 15.4. The molecule has 1 saturated carbocycles. The predicted octanol–water partition coefficient (Wildman–Crippen LogP) is 2.92. The van der Waals surface area contributed by atoms with E-state index in [0.29, 0.717) is 12.1 Å². The molecule has 1 aromatic heterocycles. The van der Waals surface area contributed by atoms with Gasteiger partial charge in [0.15, 0.2) is 0 Å². The smallest absolute Gasteiger partial charge is 0.0965 e. The molecule has 0 amide bonds. The molecule has 0 spiro atoms. The SMILES string of the molecule is CCC1CCC(n2cc(CNC(C)C)nn2)CC1. The minimum absolute atomic E-state index is 0.496. The van der Waals surface area contributed by atoms with Gasteiger partial charge in [0.05, 0.1) is 17.9 Å². The topological polar surface area (TPSA) is 42.7 Å². The number of hydrogen-bond donors (Lipinski definition) is 1. The lowest BCUT2D eigenvalue weighted by Gasteiger charge is -2.27. The average Bonchev–Trinajstić information content (AvgIpc) is 2.85. The van der Waals surface area contributed by atoms with Crippen molar-refractivity contribution in [2.45, 2.75) is 71.5 Å². The van der Waals surface area contributed by atoms with Crippen molar-refractivity contribution in [3.63, 3.8) is 0 Å². The van der Waals surface area contributed by atoms with Crippen molar-refractivity contribution < 1.29 is 0 Å². The van der Waals surface area contributed by atoms with E-state index >= 15 is 0 Å². The molecule has 2 rings (SSSR count). The third-order valence-electron chi connectivity index (χ3n) is 4.02. The van der Waals surface area contributed by atoms with Gasteiger partial charge in [-0.2, -0.15) is 0 Å². The van der Waals surface area contributed by atoms with Crippen molar-refractivity contribution in [1.29, 1.82) is 0 Å². The first kappa shape index (κ1) is 13.5. The number of nitrogens with one attached hydrogen (secondary N) is 1. The molecule has 0 aromatic carbocycles. The van der Waals surface area contributed by atoms with Gasteiger partial charge in [0, 0.05) is 12.6 Å². The zero-order valence-corrected chi connectivity index (χ0v) is 11.9. The molecule has 1 aliphatic rings. The van der Waals surface area contributed by atoms with Crippen LogP contribution in [0.3, 0.4) is 0 Å². The van der Waals surface area contributed by atoms with Crippen LogP contribution in [0.4, 0.5) is 0 Å². The van der Waals surface area contributed by atoms with Gasteiger partial charge in [0.25, 0.3) is 0 Å². The molecule has 0 radical (unpaired) electrons. The largest absolute Gasteiger partial charge is 0.309 e. The van der Waals surface area contributed by atoms with Crippen LogP contribution < -0.4 is 5.32 Å². The van der Waals surface area contributed by atoms with E-state index in [4.69, 9.17) is 0 Å². The van der Waals surface area contributed by atoms with Gasteiger partial charge >= 0.3 is 0 Å². The molecular weight excluding hydrogens is 224 g/mol. The molecule has 102 valence electrons. The number of rotatable bonds is 5. The first-order valence-corrected chi connectivity index (χ1v) is 7.33. The Balaban J connectivity index is 1.86. The lowest BCUT2D eigenvalue weighted by molar-refractivity contribution is 0.253. The Morgan fingerprint density at radius 2 is 2.06 bits per heavy atom. The number of aromatic nitrogens is 3. The van der Waals surface area contributed by atoms with E-state index in [2.05, 4.69) is 47.3 Å². The molecule has 1 fully saturated rings. The van der Waals surface area contributed by atoms with E-state index in [1.165, 1.54) is 32.1 Å². The second-order valence-electron chi connectivity index (χ2n) is 5.81. The summed E-state index contributed by atoms with van der Waals surface area (Å²) in [5.41, 5.74) is 1.06. The minimum Gasteiger partial charge on any atom is -0.309 e. The van der Waals surface area contributed by atoms with Gasteiger partial charge in [-0.1, -0.05) is 32.4 Å². The molecule has 0 saturated heterocycles. The highest BCUT2D eigenvalue weighted by Gasteiger charge is 2.22. The van der Waals surface area contributed by atoms with Crippen LogP contribution in [0.5, 0.6) is 0 Å². The van der Waals surface area contributed by atoms with Crippen LogP contribution in [0.1, 0.15) is 64.6 Å². The van der Waals surface area contributed by atoms with Gasteiger partial charge in [-0.15, -0.1) is 5.10 Å². The van der Waals surface area contributed by atoms with Gasteiger partial charge in [0.1, 0.15) is 0 Å². The van der Waals surface area contributed by atoms with Crippen LogP contribution in [0, 0.1) is 5.92 Å². The summed E-state index contributed by atoms with van der Waals surface area (Å²) in [6.45, 7) is 7.42. The van der Waals surface area contributed by atoms with Gasteiger partial charge in [-0.25, -0.2) is 4.68 Å². The maximum Gasteiger partial charge on any atom is 0.0965 e. The summed E-state index contributed by atoms with van der Waals surface area (Å²) in [4.78, 5) is 0. The van der Waals surface area contributed by atoms with Crippen molar-refractivity contribution in [3.05, 3.63) is 11.9 Å². The highest BCUT2D eigenvalue weighted by molar-refractivity contribution is 4.93. The van der Waals surface area contributed by atoms with Crippen molar-refractivity contribution in [2.75, 3.05) is 0 Å². The maximum atomic E-state index is 4.30. The summed E-state index contributed by atoms with van der Waals surface area (Å²) in [6, 6.07) is 1.07. The molecule has 0 unspecified atom stereocenters. The van der Waals surface area contributed by atoms with Gasteiger partial charge in [-0.05, 0) is 31.6 Å². The summed E-state index contributed by atoms with van der Waals surface area (Å²) < 4.78 is 2.09. The Morgan fingerprint density at radius 3 is 2.67 bits per heavy atom. The summed E-state index contributed by atoms with van der Waals surface area (Å²) in [6.07, 6.45) is 8.67. The van der Waals surface area contributed by atoms with Crippen LogP contribution >= 0.6 is 0 Å². The van der Waals surface area contributed by atoms with E-state index in [9.17, 15) is 0 Å². The van der Waals surface area contributed by atoms with Crippen LogP contribution in [-0.4, -0.2) is 21.0 Å². The summed E-state index contributed by atoms with van der Waals surface area (Å²) >= 11 is 0. The average molecular weight is 250 g/mol. The quantitative estimate of drug-likeness (QED) is 0.873. The lowest BCUT2D eigenvalue weighted by atomic mass is 9.85. The fraction of sp³-hybridized carbons (Fsp3) is 0.857. The van der Waals surface area contributed by atoms with E-state index in [1.54, 1.807) is 0 Å². The molecule has 4 heteroatoms. The van der Waals surface area contributed by atoms with Crippen molar-refractivity contribution in [1.82, 2.24) is 20.3 Å². The normalized spacial score (nSPS) is 24.7. The van der Waals surface area contributed by atoms with Gasteiger partial charge in [0.2, 0.25) is 0 Å². The van der Waals surface area contributed by atoms with Crippen LogP contribution in [-0.2, 0) is 6.54 Å². The Labute approximate surface area is 110 Å². The lowest BCUT2D eigenvalue weighted by Crippen LogP contribution is -2.22. The first-order chi connectivity index (χ1) is 8.69. The second-order valence-corrected chi connectivity index (χ2v) is 5.81.